The molecule has 5 aromatic rings. The second-order valence-corrected chi connectivity index (χ2v) is 7.68. The molecule has 9 nitrogen and oxygen atoms in total. The molecule has 9 heteroatoms. The number of pyridine rings is 1. The van der Waals surface area contributed by atoms with E-state index in [1.807, 2.05) is 49.5 Å². The lowest BCUT2D eigenvalue weighted by Gasteiger charge is -2.06. The highest BCUT2D eigenvalue weighted by Gasteiger charge is 2.19. The Morgan fingerprint density at radius 2 is 1.91 bits per heavy atom. The zero-order chi connectivity index (χ0) is 22.9. The fourth-order valence-electron chi connectivity index (χ4n) is 3.84. The van der Waals surface area contributed by atoms with Gasteiger partial charge in [-0.2, -0.15) is 0 Å². The first kappa shape index (κ1) is 20.6. The molecule has 0 spiro atoms. The molecule has 0 aliphatic heterocycles. The lowest BCUT2D eigenvalue weighted by Crippen LogP contribution is -1.99. The monoisotopic (exact) mass is 441 g/mol. The van der Waals surface area contributed by atoms with Gasteiger partial charge in [-0.25, -0.2) is 14.5 Å². The van der Waals surface area contributed by atoms with E-state index in [4.69, 9.17) is 14.6 Å². The SMILES string of the molecule is COc1ccc(/C(C)=N/OCc2nc3c4c(C)c(C)n(-c5cccnc5)c4ncn3n2)cc1. The molecule has 0 aliphatic rings. The van der Waals surface area contributed by atoms with Crippen LogP contribution in [-0.4, -0.2) is 42.0 Å². The maximum absolute atomic E-state index is 5.55. The Labute approximate surface area is 190 Å². The first-order valence-electron chi connectivity index (χ1n) is 10.5. The van der Waals surface area contributed by atoms with Crippen LogP contribution in [0.2, 0.25) is 0 Å². The van der Waals surface area contributed by atoms with Crippen LogP contribution in [0.5, 0.6) is 5.75 Å². The number of aryl methyl sites for hydroxylation is 1. The lowest BCUT2D eigenvalue weighted by atomic mass is 10.1. The molecule has 0 unspecified atom stereocenters. The normalized spacial score (nSPS) is 11.9. The second-order valence-electron chi connectivity index (χ2n) is 7.68. The highest BCUT2D eigenvalue weighted by Crippen LogP contribution is 2.29. The molecule has 166 valence electrons. The standard InChI is InChI=1S/C24H23N7O2/c1-15-17(3)31(19-6-5-11-25-12-19)23-22(15)24-27-21(28-30(24)14-26-23)13-33-29-16(2)18-7-9-20(32-4)10-8-18/h5-12,14H,13H2,1-4H3/b29-16+. The van der Waals surface area contributed by atoms with Gasteiger partial charge in [-0.3, -0.25) is 9.55 Å². The Hall–Kier alpha value is -4.27. The van der Waals surface area contributed by atoms with E-state index in [1.54, 1.807) is 24.1 Å². The van der Waals surface area contributed by atoms with Crippen molar-refractivity contribution in [1.29, 1.82) is 0 Å². The third kappa shape index (κ3) is 3.67. The molecule has 33 heavy (non-hydrogen) atoms. The average molecular weight is 441 g/mol. The molecule has 0 radical (unpaired) electrons. The summed E-state index contributed by atoms with van der Waals surface area (Å²) in [5.41, 5.74) is 6.39. The van der Waals surface area contributed by atoms with Crippen LogP contribution in [0.3, 0.4) is 0 Å². The van der Waals surface area contributed by atoms with E-state index in [0.717, 1.165) is 50.6 Å². The van der Waals surface area contributed by atoms with E-state index in [0.29, 0.717) is 5.82 Å². The molecular weight excluding hydrogens is 418 g/mol. The topological polar surface area (TPSA) is 91.7 Å². The van der Waals surface area contributed by atoms with Gasteiger partial charge in [0.25, 0.3) is 0 Å². The van der Waals surface area contributed by atoms with Gasteiger partial charge in [0.2, 0.25) is 0 Å². The Morgan fingerprint density at radius 1 is 1.09 bits per heavy atom. The van der Waals surface area contributed by atoms with Crippen LogP contribution < -0.4 is 4.74 Å². The van der Waals surface area contributed by atoms with Gasteiger partial charge in [0.05, 0.1) is 30.1 Å². The van der Waals surface area contributed by atoms with Crippen LogP contribution in [-0.2, 0) is 11.4 Å². The maximum Gasteiger partial charge on any atom is 0.192 e. The summed E-state index contributed by atoms with van der Waals surface area (Å²) in [5, 5.41) is 9.69. The van der Waals surface area contributed by atoms with Crippen LogP contribution in [0, 0.1) is 13.8 Å². The molecule has 0 atom stereocenters. The summed E-state index contributed by atoms with van der Waals surface area (Å²) in [6.45, 7) is 6.18. The molecule has 0 aliphatic carbocycles. The quantitative estimate of drug-likeness (QED) is 0.292. The number of methoxy groups -OCH3 is 1. The van der Waals surface area contributed by atoms with Crippen LogP contribution in [0.4, 0.5) is 0 Å². The van der Waals surface area contributed by atoms with Gasteiger partial charge in [-0.05, 0) is 68.3 Å². The minimum atomic E-state index is 0.151. The van der Waals surface area contributed by atoms with E-state index in [-0.39, 0.29) is 6.61 Å². The summed E-state index contributed by atoms with van der Waals surface area (Å²) in [7, 11) is 1.64. The number of fused-ring (bicyclic) bond motifs is 3. The van der Waals surface area contributed by atoms with Crippen molar-refractivity contribution in [1.82, 2.24) is 29.1 Å². The van der Waals surface area contributed by atoms with E-state index in [1.165, 1.54) is 0 Å². The van der Waals surface area contributed by atoms with Crippen LogP contribution >= 0.6 is 0 Å². The fraction of sp³-hybridized carbons (Fsp3) is 0.208. The lowest BCUT2D eigenvalue weighted by molar-refractivity contribution is 0.125. The molecule has 0 amide bonds. The number of hydrogen-bond donors (Lipinski definition) is 0. The van der Waals surface area contributed by atoms with Gasteiger partial charge in [-0.15, -0.1) is 5.10 Å². The molecule has 0 saturated carbocycles. The predicted molar refractivity (Wildman–Crippen MR) is 125 cm³/mol. The Morgan fingerprint density at radius 3 is 2.64 bits per heavy atom. The van der Waals surface area contributed by atoms with E-state index < -0.39 is 0 Å². The van der Waals surface area contributed by atoms with Gasteiger partial charge >= 0.3 is 0 Å². The minimum absolute atomic E-state index is 0.151. The number of hydrogen-bond acceptors (Lipinski definition) is 7. The number of oxime groups is 1. The smallest absolute Gasteiger partial charge is 0.192 e. The van der Waals surface area contributed by atoms with E-state index in [9.17, 15) is 0 Å². The van der Waals surface area contributed by atoms with Gasteiger partial charge in [0.1, 0.15) is 12.1 Å². The van der Waals surface area contributed by atoms with Crippen molar-refractivity contribution in [2.75, 3.05) is 7.11 Å². The molecular formula is C24H23N7O2. The van der Waals surface area contributed by atoms with Crippen LogP contribution in [0.25, 0.3) is 22.4 Å². The minimum Gasteiger partial charge on any atom is -0.497 e. The Kier molecular flexibility index (Phi) is 5.21. The molecule has 0 saturated heterocycles. The Balaban J connectivity index is 1.44. The summed E-state index contributed by atoms with van der Waals surface area (Å²) in [6.07, 6.45) is 5.25. The van der Waals surface area contributed by atoms with Crippen molar-refractivity contribution < 1.29 is 9.57 Å². The second kappa shape index (κ2) is 8.34. The summed E-state index contributed by atoms with van der Waals surface area (Å²) < 4.78 is 8.96. The van der Waals surface area contributed by atoms with Crippen molar-refractivity contribution >= 4 is 22.4 Å². The van der Waals surface area contributed by atoms with Gasteiger partial charge < -0.3 is 9.57 Å². The molecule has 0 bridgehead atoms. The van der Waals surface area contributed by atoms with E-state index in [2.05, 4.69) is 38.6 Å². The van der Waals surface area contributed by atoms with Crippen molar-refractivity contribution in [3.63, 3.8) is 0 Å². The summed E-state index contributed by atoms with van der Waals surface area (Å²) in [4.78, 5) is 19.2. The first-order valence-corrected chi connectivity index (χ1v) is 10.5. The number of ether oxygens (including phenoxy) is 1. The highest BCUT2D eigenvalue weighted by molar-refractivity contribution is 5.98. The molecule has 1 aromatic carbocycles. The van der Waals surface area contributed by atoms with Crippen molar-refractivity contribution in [3.8, 4) is 11.4 Å². The van der Waals surface area contributed by atoms with Gasteiger partial charge in [0.15, 0.2) is 23.7 Å². The third-order valence-corrected chi connectivity index (χ3v) is 5.68. The third-order valence-electron chi connectivity index (χ3n) is 5.68. The molecule has 5 rings (SSSR count). The number of rotatable bonds is 6. The summed E-state index contributed by atoms with van der Waals surface area (Å²) in [5.74, 6) is 1.32. The summed E-state index contributed by atoms with van der Waals surface area (Å²) in [6, 6.07) is 11.6. The van der Waals surface area contributed by atoms with Crippen molar-refractivity contribution in [2.24, 2.45) is 5.16 Å². The predicted octanol–water partition coefficient (Wildman–Crippen LogP) is 4.03. The first-order chi connectivity index (χ1) is 16.1. The van der Waals surface area contributed by atoms with Crippen molar-refractivity contribution in [3.05, 3.63) is 77.8 Å². The molecule has 0 N–H and O–H groups in total. The van der Waals surface area contributed by atoms with Crippen LogP contribution in [0.1, 0.15) is 29.6 Å². The molecule has 4 aromatic heterocycles. The van der Waals surface area contributed by atoms with E-state index >= 15 is 0 Å². The zero-order valence-electron chi connectivity index (χ0n) is 18.9. The van der Waals surface area contributed by atoms with Crippen LogP contribution in [0.15, 0.2) is 60.3 Å². The largest absolute Gasteiger partial charge is 0.497 e. The van der Waals surface area contributed by atoms with Gasteiger partial charge in [-0.1, -0.05) is 5.16 Å². The zero-order valence-corrected chi connectivity index (χ0v) is 18.9. The fourth-order valence-corrected chi connectivity index (χ4v) is 3.84. The number of aromatic nitrogens is 6. The molecule has 0 fully saturated rings. The van der Waals surface area contributed by atoms with Crippen molar-refractivity contribution in [2.45, 2.75) is 27.4 Å². The molecule has 4 heterocycles. The number of benzene rings is 1. The number of nitrogens with zero attached hydrogens (tertiary/aromatic N) is 7. The highest BCUT2D eigenvalue weighted by atomic mass is 16.6. The summed E-state index contributed by atoms with van der Waals surface area (Å²) >= 11 is 0. The Bertz CT molecular complexity index is 1470. The average Bonchev–Trinajstić information content (AvgIpc) is 3.37. The van der Waals surface area contributed by atoms with Gasteiger partial charge in [0, 0.05) is 11.9 Å². The maximum atomic E-state index is 5.55.